The predicted octanol–water partition coefficient (Wildman–Crippen LogP) is 16.5. The van der Waals surface area contributed by atoms with Crippen LogP contribution in [0.4, 0.5) is 17.1 Å². The van der Waals surface area contributed by atoms with Gasteiger partial charge in [-0.3, -0.25) is 0 Å². The Morgan fingerprint density at radius 1 is 0.233 bits per heavy atom. The number of rotatable bonds is 8. The molecule has 2 heteroatoms. The molecule has 0 N–H and O–H groups in total. The molecule has 0 saturated heterocycles. The number of furan rings is 1. The van der Waals surface area contributed by atoms with Gasteiger partial charge in [0.05, 0.1) is 0 Å². The van der Waals surface area contributed by atoms with E-state index in [1.165, 1.54) is 55.3 Å². The summed E-state index contributed by atoms with van der Waals surface area (Å²) >= 11 is 0. The highest BCUT2D eigenvalue weighted by molar-refractivity contribution is 6.06. The number of nitrogens with zero attached hydrogens (tertiary/aromatic N) is 1. The molecule has 2 nitrogen and oxygen atoms in total. The molecule has 0 spiro atoms. The number of fused-ring (bicyclic) bond motifs is 4. The summed E-state index contributed by atoms with van der Waals surface area (Å²) in [7, 11) is 0. The van der Waals surface area contributed by atoms with Crippen molar-refractivity contribution in [1.29, 1.82) is 0 Å². The van der Waals surface area contributed by atoms with Gasteiger partial charge in [-0.25, -0.2) is 0 Å². The Balaban J connectivity index is 0.942. The van der Waals surface area contributed by atoms with Crippen LogP contribution in [0.1, 0.15) is 0 Å². The van der Waals surface area contributed by atoms with Gasteiger partial charge in [0.25, 0.3) is 0 Å². The Labute approximate surface area is 349 Å². The van der Waals surface area contributed by atoms with Crippen molar-refractivity contribution in [2.45, 2.75) is 0 Å². The summed E-state index contributed by atoms with van der Waals surface area (Å²) in [6, 6.07) is 85.0. The van der Waals surface area contributed by atoms with E-state index in [9.17, 15) is 0 Å². The van der Waals surface area contributed by atoms with E-state index < -0.39 is 0 Å². The predicted molar refractivity (Wildman–Crippen MR) is 253 cm³/mol. The maximum absolute atomic E-state index is 6.12. The van der Waals surface area contributed by atoms with Crippen molar-refractivity contribution in [2.75, 3.05) is 4.90 Å². The van der Waals surface area contributed by atoms with Crippen LogP contribution in [0.2, 0.25) is 0 Å². The van der Waals surface area contributed by atoms with Gasteiger partial charge in [-0.1, -0.05) is 164 Å². The zero-order valence-electron chi connectivity index (χ0n) is 32.9. The summed E-state index contributed by atoms with van der Waals surface area (Å²) < 4.78 is 6.12. The highest BCUT2D eigenvalue weighted by atomic mass is 16.3. The summed E-state index contributed by atoms with van der Waals surface area (Å²) in [6.45, 7) is 0. The molecular formula is C58H39NO. The van der Waals surface area contributed by atoms with E-state index in [-0.39, 0.29) is 0 Å². The maximum Gasteiger partial charge on any atom is 0.135 e. The number of anilines is 3. The van der Waals surface area contributed by atoms with Crippen molar-refractivity contribution in [2.24, 2.45) is 0 Å². The van der Waals surface area contributed by atoms with E-state index in [0.29, 0.717) is 0 Å². The molecule has 0 fully saturated rings. The van der Waals surface area contributed by atoms with Gasteiger partial charge >= 0.3 is 0 Å². The van der Waals surface area contributed by atoms with Gasteiger partial charge in [0.2, 0.25) is 0 Å². The number of para-hydroxylation sites is 1. The molecule has 1 aromatic heterocycles. The average Bonchev–Trinajstić information content (AvgIpc) is 3.71. The van der Waals surface area contributed by atoms with E-state index in [1.54, 1.807) is 0 Å². The van der Waals surface area contributed by atoms with Crippen LogP contribution in [0.3, 0.4) is 0 Å². The second-order valence-electron chi connectivity index (χ2n) is 15.4. The van der Waals surface area contributed by atoms with Crippen molar-refractivity contribution >= 4 is 49.8 Å². The van der Waals surface area contributed by atoms with Crippen LogP contribution >= 0.6 is 0 Å². The first-order valence-electron chi connectivity index (χ1n) is 20.5. The van der Waals surface area contributed by atoms with E-state index >= 15 is 0 Å². The minimum absolute atomic E-state index is 0.904. The van der Waals surface area contributed by atoms with Crippen LogP contribution in [0, 0.1) is 0 Å². The molecule has 0 aliphatic rings. The first-order valence-corrected chi connectivity index (χ1v) is 20.5. The average molecular weight is 766 g/mol. The Morgan fingerprint density at radius 2 is 0.633 bits per heavy atom. The number of hydrogen-bond donors (Lipinski definition) is 0. The second kappa shape index (κ2) is 15.1. The lowest BCUT2D eigenvalue weighted by atomic mass is 9.97. The molecule has 11 rings (SSSR count). The fourth-order valence-corrected chi connectivity index (χ4v) is 8.52. The third-order valence-electron chi connectivity index (χ3n) is 11.7. The molecule has 0 aliphatic heterocycles. The standard InChI is InChI=1S/C58H39NO/c1-2-10-40(11-3-1)46-14-8-15-47(36-46)42-22-29-52(30-23-42)59(54-33-26-44(27-34-54)51-28-35-58-56(39-51)55-18-6-7-19-57(55)60-58)53-31-24-43(25-32-53)48-16-9-17-49(37-48)50-21-20-41-12-4-5-13-45(41)38-50/h1-39H. The van der Waals surface area contributed by atoms with Crippen LogP contribution in [0.5, 0.6) is 0 Å². The molecule has 0 saturated carbocycles. The van der Waals surface area contributed by atoms with Gasteiger partial charge in [-0.05, 0) is 139 Å². The van der Waals surface area contributed by atoms with E-state index in [1.807, 2.05) is 12.1 Å². The molecule has 10 aromatic carbocycles. The van der Waals surface area contributed by atoms with Crippen molar-refractivity contribution < 1.29 is 4.42 Å². The van der Waals surface area contributed by atoms with E-state index in [2.05, 4.69) is 229 Å². The highest BCUT2D eigenvalue weighted by Crippen LogP contribution is 2.39. The van der Waals surface area contributed by atoms with Crippen LogP contribution < -0.4 is 4.90 Å². The Kier molecular flexibility index (Phi) is 8.87. The molecule has 11 aromatic rings. The smallest absolute Gasteiger partial charge is 0.135 e. The Hall–Kier alpha value is -7.94. The van der Waals surface area contributed by atoms with Crippen molar-refractivity contribution in [3.8, 4) is 55.6 Å². The first-order chi connectivity index (χ1) is 29.7. The van der Waals surface area contributed by atoms with Crippen LogP contribution in [0.15, 0.2) is 241 Å². The number of hydrogen-bond acceptors (Lipinski definition) is 2. The molecule has 60 heavy (non-hydrogen) atoms. The van der Waals surface area contributed by atoms with Crippen LogP contribution in [-0.4, -0.2) is 0 Å². The summed E-state index contributed by atoms with van der Waals surface area (Å²) in [5.74, 6) is 0. The van der Waals surface area contributed by atoms with Crippen LogP contribution in [0.25, 0.3) is 88.3 Å². The zero-order valence-corrected chi connectivity index (χ0v) is 32.9. The summed E-state index contributed by atoms with van der Waals surface area (Å²) in [4.78, 5) is 2.34. The van der Waals surface area contributed by atoms with Crippen molar-refractivity contribution in [3.63, 3.8) is 0 Å². The highest BCUT2D eigenvalue weighted by Gasteiger charge is 2.15. The fraction of sp³-hybridized carbons (Fsp3) is 0. The second-order valence-corrected chi connectivity index (χ2v) is 15.4. The summed E-state index contributed by atoms with van der Waals surface area (Å²) in [6.07, 6.45) is 0. The SMILES string of the molecule is c1ccc(-c2cccc(-c3ccc(N(c4ccc(-c5cccc(-c6ccc7ccccc7c6)c5)cc4)c4ccc(-c5ccc6oc7ccccc7c6c5)cc4)cc3)c2)cc1. The topological polar surface area (TPSA) is 16.4 Å². The van der Waals surface area contributed by atoms with Gasteiger partial charge < -0.3 is 9.32 Å². The zero-order chi connectivity index (χ0) is 39.8. The molecule has 0 aliphatic carbocycles. The lowest BCUT2D eigenvalue weighted by Crippen LogP contribution is -2.09. The van der Waals surface area contributed by atoms with Gasteiger partial charge in [0, 0.05) is 27.8 Å². The normalized spacial score (nSPS) is 11.3. The third kappa shape index (κ3) is 6.70. The molecule has 0 unspecified atom stereocenters. The Bertz CT molecular complexity index is 3290. The van der Waals surface area contributed by atoms with E-state index in [4.69, 9.17) is 4.42 Å². The van der Waals surface area contributed by atoms with Crippen LogP contribution in [-0.2, 0) is 0 Å². The molecule has 0 atom stereocenters. The van der Waals surface area contributed by atoms with Gasteiger partial charge in [-0.2, -0.15) is 0 Å². The quantitative estimate of drug-likeness (QED) is 0.153. The monoisotopic (exact) mass is 765 g/mol. The van der Waals surface area contributed by atoms with Gasteiger partial charge in [0.15, 0.2) is 0 Å². The lowest BCUT2D eigenvalue weighted by Gasteiger charge is -2.26. The maximum atomic E-state index is 6.12. The molecule has 0 radical (unpaired) electrons. The molecule has 0 bridgehead atoms. The molecular weight excluding hydrogens is 727 g/mol. The van der Waals surface area contributed by atoms with Gasteiger partial charge in [0.1, 0.15) is 11.2 Å². The third-order valence-corrected chi connectivity index (χ3v) is 11.7. The van der Waals surface area contributed by atoms with E-state index in [0.717, 1.165) is 50.1 Å². The lowest BCUT2D eigenvalue weighted by molar-refractivity contribution is 0.669. The van der Waals surface area contributed by atoms with Gasteiger partial charge in [-0.15, -0.1) is 0 Å². The number of benzene rings is 10. The summed E-state index contributed by atoms with van der Waals surface area (Å²) in [5, 5.41) is 4.77. The Morgan fingerprint density at radius 3 is 1.23 bits per heavy atom. The first kappa shape index (κ1) is 35.2. The minimum Gasteiger partial charge on any atom is -0.456 e. The minimum atomic E-state index is 0.904. The fourth-order valence-electron chi connectivity index (χ4n) is 8.52. The van der Waals surface area contributed by atoms with Crippen molar-refractivity contribution in [3.05, 3.63) is 237 Å². The molecule has 1 heterocycles. The largest absolute Gasteiger partial charge is 0.456 e. The molecule has 0 amide bonds. The summed E-state index contributed by atoms with van der Waals surface area (Å²) in [5.41, 5.74) is 17.0. The van der Waals surface area contributed by atoms with Crippen molar-refractivity contribution in [1.82, 2.24) is 0 Å². The molecule has 282 valence electrons.